The zero-order chi connectivity index (χ0) is 15.2. The van der Waals surface area contributed by atoms with Crippen molar-refractivity contribution in [2.24, 2.45) is 5.41 Å². The summed E-state index contributed by atoms with van der Waals surface area (Å²) in [4.78, 5) is 0. The van der Waals surface area contributed by atoms with E-state index >= 15 is 0 Å². The second-order valence-corrected chi connectivity index (χ2v) is 6.64. The fraction of sp³-hybridized carbons (Fsp3) is 0.667. The maximum absolute atomic E-state index is 6.28. The Bertz CT molecular complexity index is 420. The van der Waals surface area contributed by atoms with E-state index < -0.39 is 0 Å². The van der Waals surface area contributed by atoms with Crippen molar-refractivity contribution in [2.45, 2.75) is 60.3 Å². The standard InChI is InChI=1S/C18H29BrO/c1-6-10-18(12-19,11-7-2)13-20-17-15(4)9-8-14(3)16(17)5/h8-9H,6-7,10-13H2,1-5H3. The summed E-state index contributed by atoms with van der Waals surface area (Å²) in [6, 6.07) is 4.33. The van der Waals surface area contributed by atoms with Crippen LogP contribution in [0.25, 0.3) is 0 Å². The van der Waals surface area contributed by atoms with E-state index in [0.717, 1.165) is 17.7 Å². The minimum absolute atomic E-state index is 0.270. The van der Waals surface area contributed by atoms with E-state index in [0.29, 0.717) is 0 Å². The van der Waals surface area contributed by atoms with Gasteiger partial charge in [0.15, 0.2) is 0 Å². The Morgan fingerprint density at radius 2 is 1.55 bits per heavy atom. The monoisotopic (exact) mass is 340 g/mol. The third-order valence-corrected chi connectivity index (χ3v) is 5.43. The van der Waals surface area contributed by atoms with Gasteiger partial charge in [-0.2, -0.15) is 0 Å². The van der Waals surface area contributed by atoms with Gasteiger partial charge in [-0.15, -0.1) is 0 Å². The van der Waals surface area contributed by atoms with Crippen LogP contribution in [-0.4, -0.2) is 11.9 Å². The molecule has 0 aliphatic heterocycles. The van der Waals surface area contributed by atoms with Crippen molar-refractivity contribution in [2.75, 3.05) is 11.9 Å². The first-order chi connectivity index (χ1) is 9.49. The lowest BCUT2D eigenvalue weighted by Crippen LogP contribution is -2.30. The van der Waals surface area contributed by atoms with Crippen LogP contribution in [0, 0.1) is 26.2 Å². The van der Waals surface area contributed by atoms with Crippen molar-refractivity contribution in [1.29, 1.82) is 0 Å². The largest absolute Gasteiger partial charge is 0.492 e. The molecule has 0 radical (unpaired) electrons. The second kappa shape index (κ2) is 8.07. The zero-order valence-electron chi connectivity index (χ0n) is 13.7. The Balaban J connectivity index is 2.90. The van der Waals surface area contributed by atoms with Crippen LogP contribution in [0.5, 0.6) is 5.75 Å². The smallest absolute Gasteiger partial charge is 0.125 e. The molecule has 1 nitrogen and oxygen atoms in total. The van der Waals surface area contributed by atoms with Gasteiger partial charge in [0.1, 0.15) is 5.75 Å². The van der Waals surface area contributed by atoms with Gasteiger partial charge in [-0.3, -0.25) is 0 Å². The predicted octanol–water partition coefficient (Wildman–Crippen LogP) is 5.97. The van der Waals surface area contributed by atoms with Gasteiger partial charge in [-0.25, -0.2) is 0 Å². The Hall–Kier alpha value is -0.500. The number of rotatable bonds is 8. The van der Waals surface area contributed by atoms with Crippen LogP contribution < -0.4 is 4.74 Å². The Kier molecular flexibility index (Phi) is 7.08. The zero-order valence-corrected chi connectivity index (χ0v) is 15.3. The molecule has 0 amide bonds. The summed E-state index contributed by atoms with van der Waals surface area (Å²) in [7, 11) is 0. The average Bonchev–Trinajstić information content (AvgIpc) is 2.43. The molecule has 1 aromatic rings. The predicted molar refractivity (Wildman–Crippen MR) is 92.2 cm³/mol. The van der Waals surface area contributed by atoms with E-state index in [1.54, 1.807) is 0 Å². The third-order valence-electron chi connectivity index (χ3n) is 4.24. The number of benzene rings is 1. The third kappa shape index (κ3) is 4.25. The van der Waals surface area contributed by atoms with E-state index in [2.05, 4.69) is 62.7 Å². The molecule has 0 heterocycles. The van der Waals surface area contributed by atoms with Gasteiger partial charge >= 0.3 is 0 Å². The van der Waals surface area contributed by atoms with Crippen LogP contribution in [0.2, 0.25) is 0 Å². The molecule has 0 atom stereocenters. The van der Waals surface area contributed by atoms with Crippen LogP contribution in [-0.2, 0) is 0 Å². The highest BCUT2D eigenvalue weighted by molar-refractivity contribution is 9.09. The summed E-state index contributed by atoms with van der Waals surface area (Å²) in [5.74, 6) is 1.09. The van der Waals surface area contributed by atoms with Crippen LogP contribution in [0.3, 0.4) is 0 Å². The summed E-state index contributed by atoms with van der Waals surface area (Å²) in [5, 5.41) is 1.02. The molecule has 0 aromatic heterocycles. The van der Waals surface area contributed by atoms with Crippen molar-refractivity contribution < 1.29 is 4.74 Å². The molecule has 1 aromatic carbocycles. The normalized spacial score (nSPS) is 11.7. The van der Waals surface area contributed by atoms with E-state index in [1.165, 1.54) is 42.4 Å². The SMILES string of the molecule is CCCC(CBr)(CCC)COc1c(C)ccc(C)c1C. The molecule has 114 valence electrons. The van der Waals surface area contributed by atoms with Crippen molar-refractivity contribution in [1.82, 2.24) is 0 Å². The minimum Gasteiger partial charge on any atom is -0.492 e. The molecular formula is C18H29BrO. The molecule has 2 heteroatoms. The highest BCUT2D eigenvalue weighted by Crippen LogP contribution is 2.34. The number of hydrogen-bond donors (Lipinski definition) is 0. The van der Waals surface area contributed by atoms with Crippen molar-refractivity contribution in [3.05, 3.63) is 28.8 Å². The van der Waals surface area contributed by atoms with Gasteiger partial charge < -0.3 is 4.74 Å². The van der Waals surface area contributed by atoms with E-state index in [9.17, 15) is 0 Å². The molecule has 0 aliphatic rings. The van der Waals surface area contributed by atoms with Crippen LogP contribution >= 0.6 is 15.9 Å². The fourth-order valence-corrected chi connectivity index (χ4v) is 3.60. The van der Waals surface area contributed by atoms with E-state index in [-0.39, 0.29) is 5.41 Å². The first kappa shape index (κ1) is 17.6. The van der Waals surface area contributed by atoms with Crippen molar-refractivity contribution in [3.8, 4) is 5.75 Å². The number of halogens is 1. The molecule has 0 spiro atoms. The number of aryl methyl sites for hydroxylation is 2. The van der Waals surface area contributed by atoms with Gasteiger partial charge in [0, 0.05) is 10.7 Å². The summed E-state index contributed by atoms with van der Waals surface area (Å²) >= 11 is 3.72. The lowest BCUT2D eigenvalue weighted by molar-refractivity contribution is 0.143. The van der Waals surface area contributed by atoms with Gasteiger partial charge in [-0.05, 0) is 50.3 Å². The van der Waals surface area contributed by atoms with Crippen molar-refractivity contribution >= 4 is 15.9 Å². The maximum atomic E-state index is 6.28. The lowest BCUT2D eigenvalue weighted by atomic mass is 9.82. The van der Waals surface area contributed by atoms with Gasteiger partial charge in [-0.1, -0.05) is 54.8 Å². The minimum atomic E-state index is 0.270. The summed E-state index contributed by atoms with van der Waals surface area (Å²) in [6.07, 6.45) is 4.85. The molecule has 0 unspecified atom stereocenters. The molecule has 0 aliphatic carbocycles. The van der Waals surface area contributed by atoms with Crippen LogP contribution in [0.4, 0.5) is 0 Å². The number of alkyl halides is 1. The molecular weight excluding hydrogens is 312 g/mol. The highest BCUT2D eigenvalue weighted by atomic mass is 79.9. The lowest BCUT2D eigenvalue weighted by Gasteiger charge is -2.32. The van der Waals surface area contributed by atoms with Gasteiger partial charge in [0.2, 0.25) is 0 Å². The molecule has 0 bridgehead atoms. The molecule has 0 saturated heterocycles. The van der Waals surface area contributed by atoms with E-state index in [1.807, 2.05) is 0 Å². The first-order valence-electron chi connectivity index (χ1n) is 7.75. The quantitative estimate of drug-likeness (QED) is 0.529. The molecule has 20 heavy (non-hydrogen) atoms. The Morgan fingerprint density at radius 1 is 1.00 bits per heavy atom. The molecule has 0 fully saturated rings. The summed E-state index contributed by atoms with van der Waals surface area (Å²) in [6.45, 7) is 11.8. The topological polar surface area (TPSA) is 9.23 Å². The molecule has 0 saturated carbocycles. The summed E-state index contributed by atoms with van der Waals surface area (Å²) in [5.41, 5.74) is 4.10. The van der Waals surface area contributed by atoms with Crippen LogP contribution in [0.15, 0.2) is 12.1 Å². The van der Waals surface area contributed by atoms with Gasteiger partial charge in [0.25, 0.3) is 0 Å². The van der Waals surface area contributed by atoms with Crippen LogP contribution in [0.1, 0.15) is 56.2 Å². The fourth-order valence-electron chi connectivity index (χ4n) is 2.88. The first-order valence-corrected chi connectivity index (χ1v) is 8.87. The Morgan fingerprint density at radius 3 is 2.05 bits per heavy atom. The number of ether oxygens (including phenoxy) is 1. The van der Waals surface area contributed by atoms with Gasteiger partial charge in [0.05, 0.1) is 6.61 Å². The van der Waals surface area contributed by atoms with E-state index in [4.69, 9.17) is 4.74 Å². The Labute approximate surface area is 133 Å². The van der Waals surface area contributed by atoms with Crippen molar-refractivity contribution in [3.63, 3.8) is 0 Å². The highest BCUT2D eigenvalue weighted by Gasteiger charge is 2.28. The molecule has 1 rings (SSSR count). The molecule has 0 N–H and O–H groups in total. The number of hydrogen-bond acceptors (Lipinski definition) is 1. The average molecular weight is 341 g/mol. The maximum Gasteiger partial charge on any atom is 0.125 e. The second-order valence-electron chi connectivity index (χ2n) is 6.08. The summed E-state index contributed by atoms with van der Waals surface area (Å²) < 4.78 is 6.28.